The van der Waals surface area contributed by atoms with Gasteiger partial charge in [0, 0.05) is 6.04 Å². The van der Waals surface area contributed by atoms with Crippen LogP contribution in [0.15, 0.2) is 54.6 Å². The molecule has 0 saturated heterocycles. The zero-order valence-corrected chi connectivity index (χ0v) is 16.0. The number of aryl methyl sites for hydroxylation is 2. The Morgan fingerprint density at radius 2 is 1.64 bits per heavy atom. The summed E-state index contributed by atoms with van der Waals surface area (Å²) in [6.07, 6.45) is 3.90. The van der Waals surface area contributed by atoms with E-state index in [4.69, 9.17) is 0 Å². The normalized spacial score (nSPS) is 15.5. The van der Waals surface area contributed by atoms with Crippen molar-refractivity contribution in [1.29, 1.82) is 0 Å². The van der Waals surface area contributed by atoms with Crippen LogP contribution >= 0.6 is 0 Å². The molecule has 1 unspecified atom stereocenters. The lowest BCUT2D eigenvalue weighted by Crippen LogP contribution is -2.40. The van der Waals surface area contributed by atoms with Crippen LogP contribution in [0.25, 0.3) is 0 Å². The van der Waals surface area contributed by atoms with E-state index in [1.807, 2.05) is 19.9 Å². The fourth-order valence-corrected chi connectivity index (χ4v) is 3.11. The molecule has 0 bridgehead atoms. The first-order valence-electron chi connectivity index (χ1n) is 9.52. The van der Waals surface area contributed by atoms with Gasteiger partial charge >= 0.3 is 0 Å². The van der Waals surface area contributed by atoms with Gasteiger partial charge in [-0.05, 0) is 50.7 Å². The van der Waals surface area contributed by atoms with Crippen molar-refractivity contribution in [2.24, 2.45) is 0 Å². The fraction of sp³-hybridized carbons (Fsp3) is 0.435. The highest BCUT2D eigenvalue weighted by Gasteiger charge is 2.51. The predicted molar refractivity (Wildman–Crippen MR) is 106 cm³/mol. The number of carbonyl (C=O) groups is 1. The molecule has 1 atom stereocenters. The lowest BCUT2D eigenvalue weighted by Gasteiger charge is -2.20. The first kappa shape index (κ1) is 19.2. The summed E-state index contributed by atoms with van der Waals surface area (Å²) in [6.45, 7) is 8.18. The highest BCUT2D eigenvalue weighted by molar-refractivity contribution is 5.91. The second-order valence-corrected chi connectivity index (χ2v) is 6.85. The van der Waals surface area contributed by atoms with E-state index >= 15 is 0 Å². The van der Waals surface area contributed by atoms with Crippen LogP contribution in [-0.2, 0) is 16.6 Å². The molecule has 3 rings (SSSR count). The molecule has 1 N–H and O–H groups in total. The molecule has 1 aliphatic rings. The van der Waals surface area contributed by atoms with E-state index in [0.717, 1.165) is 31.2 Å². The molecule has 1 amide bonds. The third-order valence-corrected chi connectivity index (χ3v) is 4.88. The maximum Gasteiger partial charge on any atom is 0.230 e. The van der Waals surface area contributed by atoms with Crippen LogP contribution in [-0.4, -0.2) is 11.9 Å². The van der Waals surface area contributed by atoms with E-state index < -0.39 is 0 Å². The Kier molecular flexibility index (Phi) is 6.81. The maximum atomic E-state index is 12.7. The summed E-state index contributed by atoms with van der Waals surface area (Å²) in [5, 5.41) is 3.23. The third-order valence-electron chi connectivity index (χ3n) is 4.88. The number of nitrogens with one attached hydrogen (secondary N) is 1. The van der Waals surface area contributed by atoms with Crippen molar-refractivity contribution in [1.82, 2.24) is 5.32 Å². The van der Waals surface area contributed by atoms with Gasteiger partial charge < -0.3 is 5.32 Å². The Morgan fingerprint density at radius 3 is 2.20 bits per heavy atom. The molecule has 25 heavy (non-hydrogen) atoms. The van der Waals surface area contributed by atoms with Crippen molar-refractivity contribution in [2.75, 3.05) is 0 Å². The molecule has 134 valence electrons. The summed E-state index contributed by atoms with van der Waals surface area (Å²) in [7, 11) is 0. The molecular formula is C23H31NO. The lowest BCUT2D eigenvalue weighted by atomic mass is 9.93. The topological polar surface area (TPSA) is 29.1 Å². The van der Waals surface area contributed by atoms with Gasteiger partial charge in [-0.3, -0.25) is 4.79 Å². The van der Waals surface area contributed by atoms with Gasteiger partial charge in [-0.25, -0.2) is 0 Å². The van der Waals surface area contributed by atoms with Crippen LogP contribution in [0.1, 0.15) is 56.7 Å². The van der Waals surface area contributed by atoms with E-state index in [9.17, 15) is 4.79 Å². The third kappa shape index (κ3) is 4.94. The van der Waals surface area contributed by atoms with Crippen molar-refractivity contribution in [2.45, 2.75) is 64.8 Å². The van der Waals surface area contributed by atoms with Crippen molar-refractivity contribution >= 4 is 5.91 Å². The minimum Gasteiger partial charge on any atom is -0.353 e. The van der Waals surface area contributed by atoms with Crippen LogP contribution < -0.4 is 5.32 Å². The molecule has 0 aromatic heterocycles. The van der Waals surface area contributed by atoms with E-state index in [1.54, 1.807) is 0 Å². The molecule has 2 heteroatoms. The number of rotatable bonds is 6. The molecule has 1 aliphatic carbocycles. The zero-order chi connectivity index (χ0) is 18.3. The van der Waals surface area contributed by atoms with E-state index in [0.29, 0.717) is 0 Å². The Bertz CT molecular complexity index is 656. The Morgan fingerprint density at radius 1 is 1.04 bits per heavy atom. The number of hydrogen-bond acceptors (Lipinski definition) is 1. The summed E-state index contributed by atoms with van der Waals surface area (Å²) in [5.74, 6) is 0.196. The SMILES string of the molecule is CC.Cc1ccc(C2(C(=O)NC(C)CCc3ccccc3)CC2)cc1. The van der Waals surface area contributed by atoms with Crippen molar-refractivity contribution in [3.63, 3.8) is 0 Å². The quantitative estimate of drug-likeness (QED) is 0.772. The van der Waals surface area contributed by atoms with Crippen LogP contribution in [0.4, 0.5) is 0 Å². The second kappa shape index (κ2) is 8.84. The lowest BCUT2D eigenvalue weighted by molar-refractivity contribution is -0.124. The van der Waals surface area contributed by atoms with Crippen LogP contribution in [0.3, 0.4) is 0 Å². The Hall–Kier alpha value is -2.09. The number of carbonyl (C=O) groups excluding carboxylic acids is 1. The standard InChI is InChI=1S/C21H25NO.C2H6/c1-16-8-12-19(13-9-16)21(14-15-21)20(23)22-17(2)10-11-18-6-4-3-5-7-18;1-2/h3-9,12-13,17H,10-11,14-15H2,1-2H3,(H,22,23);1-2H3. The first-order chi connectivity index (χ1) is 12.1. The van der Waals surface area contributed by atoms with E-state index in [1.165, 1.54) is 11.1 Å². The molecule has 0 heterocycles. The molecule has 1 saturated carbocycles. The highest BCUT2D eigenvalue weighted by atomic mass is 16.2. The summed E-state index contributed by atoms with van der Waals surface area (Å²) in [5.41, 5.74) is 3.46. The summed E-state index contributed by atoms with van der Waals surface area (Å²) < 4.78 is 0. The number of benzene rings is 2. The first-order valence-corrected chi connectivity index (χ1v) is 9.52. The van der Waals surface area contributed by atoms with Gasteiger partial charge in [0.2, 0.25) is 5.91 Å². The highest BCUT2D eigenvalue weighted by Crippen LogP contribution is 2.48. The average Bonchev–Trinajstić information content (AvgIpc) is 3.45. The van der Waals surface area contributed by atoms with Gasteiger partial charge in [0.05, 0.1) is 5.41 Å². The minimum absolute atomic E-state index is 0.196. The van der Waals surface area contributed by atoms with Gasteiger partial charge in [-0.1, -0.05) is 74.0 Å². The second-order valence-electron chi connectivity index (χ2n) is 6.85. The number of amides is 1. The fourth-order valence-electron chi connectivity index (χ4n) is 3.11. The molecule has 2 aromatic rings. The predicted octanol–water partition coefficient (Wildman–Crippen LogP) is 5.19. The van der Waals surface area contributed by atoms with Crippen molar-refractivity contribution in [3.8, 4) is 0 Å². The average molecular weight is 338 g/mol. The molecule has 2 nitrogen and oxygen atoms in total. The van der Waals surface area contributed by atoms with E-state index in [2.05, 4.69) is 67.7 Å². The van der Waals surface area contributed by atoms with Crippen LogP contribution in [0.5, 0.6) is 0 Å². The van der Waals surface area contributed by atoms with Crippen LogP contribution in [0.2, 0.25) is 0 Å². The zero-order valence-electron chi connectivity index (χ0n) is 16.0. The van der Waals surface area contributed by atoms with E-state index in [-0.39, 0.29) is 17.4 Å². The monoisotopic (exact) mass is 337 g/mol. The summed E-state index contributed by atoms with van der Waals surface area (Å²) >= 11 is 0. The van der Waals surface area contributed by atoms with Gasteiger partial charge in [-0.15, -0.1) is 0 Å². The molecular weight excluding hydrogens is 306 g/mol. The molecule has 0 spiro atoms. The van der Waals surface area contributed by atoms with Crippen molar-refractivity contribution < 1.29 is 4.79 Å². The smallest absolute Gasteiger partial charge is 0.230 e. The van der Waals surface area contributed by atoms with Crippen LogP contribution in [0, 0.1) is 6.92 Å². The molecule has 1 fully saturated rings. The van der Waals surface area contributed by atoms with Gasteiger partial charge in [-0.2, -0.15) is 0 Å². The van der Waals surface area contributed by atoms with Gasteiger partial charge in [0.15, 0.2) is 0 Å². The largest absolute Gasteiger partial charge is 0.353 e. The maximum absolute atomic E-state index is 12.7. The molecule has 0 aliphatic heterocycles. The van der Waals surface area contributed by atoms with Gasteiger partial charge in [0.25, 0.3) is 0 Å². The molecule has 0 radical (unpaired) electrons. The Labute approximate surface area is 152 Å². The minimum atomic E-state index is -0.269. The molecule has 2 aromatic carbocycles. The summed E-state index contributed by atoms with van der Waals surface area (Å²) in [4.78, 5) is 12.7. The number of hydrogen-bond donors (Lipinski definition) is 1. The van der Waals surface area contributed by atoms with Crippen molar-refractivity contribution in [3.05, 3.63) is 71.3 Å². The van der Waals surface area contributed by atoms with Gasteiger partial charge in [0.1, 0.15) is 0 Å². The Balaban J connectivity index is 0.00000109. The summed E-state index contributed by atoms with van der Waals surface area (Å²) in [6, 6.07) is 19.1.